The van der Waals surface area contributed by atoms with Crippen LogP contribution in [-0.2, 0) is 0 Å². The predicted molar refractivity (Wildman–Crippen MR) is 56.5 cm³/mol. The summed E-state index contributed by atoms with van der Waals surface area (Å²) in [6.07, 6.45) is 3.35. The van der Waals surface area contributed by atoms with E-state index in [0.29, 0.717) is 5.15 Å². The maximum Gasteiger partial charge on any atom is 0.153 e. The molecule has 0 amide bonds. The van der Waals surface area contributed by atoms with Crippen LogP contribution in [0.25, 0.3) is 0 Å². The van der Waals surface area contributed by atoms with E-state index in [2.05, 4.69) is 25.7 Å². The second-order valence-corrected chi connectivity index (χ2v) is 4.30. The highest BCUT2D eigenvalue weighted by atomic mass is 35.5. The molecule has 3 heterocycles. The van der Waals surface area contributed by atoms with Gasteiger partial charge in [-0.2, -0.15) is 10.2 Å². The second kappa shape index (κ2) is 3.32. The molecule has 7 heteroatoms. The van der Waals surface area contributed by atoms with Crippen molar-refractivity contribution < 1.29 is 0 Å². The maximum absolute atomic E-state index is 5.75. The van der Waals surface area contributed by atoms with Gasteiger partial charge in [0.05, 0.1) is 28.7 Å². The van der Waals surface area contributed by atoms with Gasteiger partial charge in [-0.1, -0.05) is 23.4 Å². The van der Waals surface area contributed by atoms with Gasteiger partial charge in [0.25, 0.3) is 0 Å². The first-order valence-corrected chi connectivity index (χ1v) is 5.31. The summed E-state index contributed by atoms with van der Waals surface area (Å²) in [6.45, 7) is 0. The van der Waals surface area contributed by atoms with Crippen molar-refractivity contribution in [3.05, 3.63) is 23.6 Å². The molecule has 0 fully saturated rings. The molecule has 3 rings (SSSR count). The number of nitrogens with one attached hydrogen (secondary N) is 1. The molecular formula is C8H4ClN5S. The average molecular weight is 238 g/mol. The Morgan fingerprint density at radius 3 is 2.93 bits per heavy atom. The Labute approximate surface area is 94.3 Å². The first-order chi connectivity index (χ1) is 7.33. The number of fused-ring (bicyclic) bond motifs is 2. The summed E-state index contributed by atoms with van der Waals surface area (Å²) >= 11 is 7.25. The van der Waals surface area contributed by atoms with Gasteiger partial charge in [0.1, 0.15) is 5.03 Å². The van der Waals surface area contributed by atoms with Crippen molar-refractivity contribution >= 4 is 34.7 Å². The largest absolute Gasteiger partial charge is 0.351 e. The highest BCUT2D eigenvalue weighted by Gasteiger charge is 2.17. The summed E-state index contributed by atoms with van der Waals surface area (Å²) in [5.74, 6) is 0. The molecule has 1 aliphatic heterocycles. The molecule has 0 saturated carbocycles. The molecule has 0 spiro atoms. The summed E-state index contributed by atoms with van der Waals surface area (Å²) in [6, 6.07) is 1.74. The Morgan fingerprint density at radius 1 is 1.13 bits per heavy atom. The van der Waals surface area contributed by atoms with Crippen molar-refractivity contribution in [1.82, 2.24) is 20.4 Å². The maximum atomic E-state index is 5.75. The Morgan fingerprint density at radius 2 is 2.00 bits per heavy atom. The number of halogens is 1. The molecule has 15 heavy (non-hydrogen) atoms. The lowest BCUT2D eigenvalue weighted by molar-refractivity contribution is 0.922. The molecule has 0 saturated heterocycles. The van der Waals surface area contributed by atoms with Crippen LogP contribution in [0.4, 0.5) is 11.4 Å². The van der Waals surface area contributed by atoms with Crippen molar-refractivity contribution in [2.45, 2.75) is 9.92 Å². The van der Waals surface area contributed by atoms with Crippen LogP contribution < -0.4 is 5.32 Å². The Balaban J connectivity index is 2.11. The molecule has 0 aromatic carbocycles. The van der Waals surface area contributed by atoms with E-state index >= 15 is 0 Å². The Bertz CT molecular complexity index is 532. The van der Waals surface area contributed by atoms with E-state index in [1.54, 1.807) is 18.5 Å². The van der Waals surface area contributed by atoms with E-state index in [9.17, 15) is 0 Å². The normalized spacial score (nSPS) is 12.6. The monoisotopic (exact) mass is 237 g/mol. The lowest BCUT2D eigenvalue weighted by Gasteiger charge is -2.17. The fraction of sp³-hybridized carbons (Fsp3) is 0. The van der Waals surface area contributed by atoms with Crippen molar-refractivity contribution in [3.63, 3.8) is 0 Å². The van der Waals surface area contributed by atoms with Crippen LogP contribution in [-0.4, -0.2) is 20.4 Å². The summed E-state index contributed by atoms with van der Waals surface area (Å²) < 4.78 is 0. The van der Waals surface area contributed by atoms with E-state index in [4.69, 9.17) is 11.6 Å². The Hall–Kier alpha value is -1.40. The number of anilines is 2. The predicted octanol–water partition coefficient (Wildman–Crippen LogP) is 2.13. The van der Waals surface area contributed by atoms with Gasteiger partial charge >= 0.3 is 0 Å². The quantitative estimate of drug-likeness (QED) is 0.646. The standard InChI is InChI=1S/C8H4ClN5S/c9-7-1-4-8(14-13-7)15-6-3-11-10-2-5(6)12-4/h1-3,12H. The molecular weight excluding hydrogens is 234 g/mol. The lowest BCUT2D eigenvalue weighted by Crippen LogP contribution is -2.03. The van der Waals surface area contributed by atoms with Gasteiger partial charge in [0, 0.05) is 6.07 Å². The van der Waals surface area contributed by atoms with Crippen molar-refractivity contribution in [2.24, 2.45) is 0 Å². The van der Waals surface area contributed by atoms with Gasteiger partial charge in [-0.25, -0.2) is 0 Å². The van der Waals surface area contributed by atoms with E-state index in [1.807, 2.05) is 0 Å². The molecule has 0 bridgehead atoms. The number of rotatable bonds is 0. The third-order valence-corrected chi connectivity index (χ3v) is 3.12. The van der Waals surface area contributed by atoms with Crippen LogP contribution in [0.2, 0.25) is 5.15 Å². The molecule has 0 unspecified atom stereocenters. The molecule has 2 aromatic heterocycles. The second-order valence-electron chi connectivity index (χ2n) is 2.88. The molecule has 74 valence electrons. The molecule has 1 N–H and O–H groups in total. The van der Waals surface area contributed by atoms with Crippen molar-refractivity contribution in [1.29, 1.82) is 0 Å². The van der Waals surface area contributed by atoms with Gasteiger partial charge in [-0.15, -0.1) is 10.2 Å². The van der Waals surface area contributed by atoms with Crippen LogP contribution >= 0.6 is 23.4 Å². The van der Waals surface area contributed by atoms with Crippen LogP contribution in [0.3, 0.4) is 0 Å². The zero-order valence-electron chi connectivity index (χ0n) is 7.31. The summed E-state index contributed by atoms with van der Waals surface area (Å²) in [5.41, 5.74) is 1.76. The number of nitrogens with zero attached hydrogens (tertiary/aromatic N) is 4. The van der Waals surface area contributed by atoms with Gasteiger partial charge in [-0.05, 0) is 0 Å². The minimum Gasteiger partial charge on any atom is -0.351 e. The average Bonchev–Trinajstić information content (AvgIpc) is 2.26. The van der Waals surface area contributed by atoms with Gasteiger partial charge < -0.3 is 5.32 Å². The first-order valence-electron chi connectivity index (χ1n) is 4.12. The fourth-order valence-electron chi connectivity index (χ4n) is 1.26. The fourth-order valence-corrected chi connectivity index (χ4v) is 2.23. The highest BCUT2D eigenvalue weighted by Crippen LogP contribution is 2.41. The van der Waals surface area contributed by atoms with E-state index in [-0.39, 0.29) is 0 Å². The summed E-state index contributed by atoms with van der Waals surface area (Å²) in [5, 5.41) is 19.7. The number of hydrogen-bond donors (Lipinski definition) is 1. The van der Waals surface area contributed by atoms with Crippen LogP contribution in [0.5, 0.6) is 0 Å². The molecule has 2 aromatic rings. The van der Waals surface area contributed by atoms with Crippen LogP contribution in [0.15, 0.2) is 28.4 Å². The van der Waals surface area contributed by atoms with E-state index < -0.39 is 0 Å². The van der Waals surface area contributed by atoms with Gasteiger partial charge in [0.2, 0.25) is 0 Å². The van der Waals surface area contributed by atoms with E-state index in [0.717, 1.165) is 21.3 Å². The molecule has 0 aliphatic carbocycles. The Kier molecular flexibility index (Phi) is 1.96. The zero-order chi connectivity index (χ0) is 10.3. The van der Waals surface area contributed by atoms with Gasteiger partial charge in [0.15, 0.2) is 5.15 Å². The minimum absolute atomic E-state index is 0.368. The third kappa shape index (κ3) is 1.51. The summed E-state index contributed by atoms with van der Waals surface area (Å²) in [7, 11) is 0. The molecule has 1 aliphatic rings. The van der Waals surface area contributed by atoms with Crippen molar-refractivity contribution in [3.8, 4) is 0 Å². The number of aromatic nitrogens is 4. The van der Waals surface area contributed by atoms with Crippen molar-refractivity contribution in [2.75, 3.05) is 5.32 Å². The molecule has 0 radical (unpaired) electrons. The van der Waals surface area contributed by atoms with E-state index in [1.165, 1.54) is 11.8 Å². The molecule has 5 nitrogen and oxygen atoms in total. The lowest BCUT2D eigenvalue weighted by atomic mass is 10.4. The van der Waals surface area contributed by atoms with Crippen LogP contribution in [0, 0.1) is 0 Å². The minimum atomic E-state index is 0.368. The topological polar surface area (TPSA) is 63.6 Å². The van der Waals surface area contributed by atoms with Crippen LogP contribution in [0.1, 0.15) is 0 Å². The first kappa shape index (κ1) is 8.87. The third-order valence-electron chi connectivity index (χ3n) is 1.90. The number of hydrogen-bond acceptors (Lipinski definition) is 6. The highest BCUT2D eigenvalue weighted by molar-refractivity contribution is 7.99. The van der Waals surface area contributed by atoms with Gasteiger partial charge in [-0.3, -0.25) is 0 Å². The smallest absolute Gasteiger partial charge is 0.153 e. The summed E-state index contributed by atoms with van der Waals surface area (Å²) in [4.78, 5) is 0.981. The zero-order valence-corrected chi connectivity index (χ0v) is 8.88. The molecule has 0 atom stereocenters. The SMILES string of the molecule is Clc1cc2c(nn1)Sc1cnncc1N2.